The maximum atomic E-state index is 13.6. The van der Waals surface area contributed by atoms with Gasteiger partial charge in [-0.1, -0.05) is 51.1 Å². The molecule has 0 amide bonds. The number of ether oxygens (including phenoxy) is 1. The molecule has 4 saturated carbocycles. The van der Waals surface area contributed by atoms with Gasteiger partial charge in [-0.15, -0.1) is 0 Å². The average molecular weight is 481 g/mol. The summed E-state index contributed by atoms with van der Waals surface area (Å²) in [5.41, 5.74) is 1.43. The monoisotopic (exact) mass is 480 g/mol. The predicted molar refractivity (Wildman–Crippen MR) is 136 cm³/mol. The number of benzene rings is 1. The molecule has 0 aromatic heterocycles. The molecule has 4 heteroatoms. The fraction of sp³-hybridized carbons (Fsp3) is 0.742. The van der Waals surface area contributed by atoms with Gasteiger partial charge in [-0.3, -0.25) is 9.59 Å². The van der Waals surface area contributed by atoms with Crippen LogP contribution in [0.15, 0.2) is 30.3 Å². The number of aliphatic hydroxyl groups is 1. The quantitative estimate of drug-likeness (QED) is 0.482. The molecule has 4 fully saturated rings. The first-order chi connectivity index (χ1) is 16.7. The Morgan fingerprint density at radius 1 is 1.06 bits per heavy atom. The van der Waals surface area contributed by atoms with E-state index in [1.54, 1.807) is 0 Å². The highest BCUT2D eigenvalue weighted by atomic mass is 16.5. The number of hydrogen-bond donors (Lipinski definition) is 1. The molecule has 0 saturated heterocycles. The molecule has 1 N–H and O–H groups in total. The van der Waals surface area contributed by atoms with Crippen molar-refractivity contribution in [3.63, 3.8) is 0 Å². The Kier molecular flexibility index (Phi) is 6.89. The van der Waals surface area contributed by atoms with Gasteiger partial charge in [-0.05, 0) is 97.3 Å². The van der Waals surface area contributed by atoms with Crippen LogP contribution < -0.4 is 0 Å². The van der Waals surface area contributed by atoms with Crippen LogP contribution in [0.5, 0.6) is 0 Å². The third kappa shape index (κ3) is 4.49. The molecule has 5 rings (SSSR count). The fourth-order valence-corrected chi connectivity index (χ4v) is 9.24. The van der Waals surface area contributed by atoms with Crippen LogP contribution in [0.2, 0.25) is 0 Å². The largest absolute Gasteiger partial charge is 0.461 e. The van der Waals surface area contributed by atoms with E-state index in [1.165, 1.54) is 12.8 Å². The number of carbonyl (C=O) groups is 2. The maximum Gasteiger partial charge on any atom is 0.306 e. The highest BCUT2D eigenvalue weighted by Crippen LogP contribution is 2.67. The highest BCUT2D eigenvalue weighted by Gasteiger charge is 2.63. The fourth-order valence-electron chi connectivity index (χ4n) is 9.24. The molecule has 0 aliphatic heterocycles. The van der Waals surface area contributed by atoms with Gasteiger partial charge in [0, 0.05) is 18.8 Å². The Morgan fingerprint density at radius 2 is 1.77 bits per heavy atom. The lowest BCUT2D eigenvalue weighted by atomic mass is 9.44. The number of Topliss-reactive ketones (excluding diaryl/α,β-unsaturated/α-hetero) is 1. The maximum absolute atomic E-state index is 13.6. The standard InChI is InChI=1S/C31H44O4/c1-20(9-12-28(34)35-19-21-7-5-4-6-8-21)24-10-11-25-29-26(14-16-31(24,25)3)30(2)15-13-23(32)17-22(30)18-27(29)33/h4-8,20,22-26,29,32H,9-19H2,1-3H3/t20-,22+,23-,24-,25+,26+,29+,30+,31-/m1/s1. The van der Waals surface area contributed by atoms with Crippen molar-refractivity contribution >= 4 is 11.8 Å². The number of ketones is 1. The first-order valence-electron chi connectivity index (χ1n) is 14.1. The van der Waals surface area contributed by atoms with Crippen LogP contribution in [0.4, 0.5) is 0 Å². The van der Waals surface area contributed by atoms with Gasteiger partial charge in [0.1, 0.15) is 12.4 Å². The van der Waals surface area contributed by atoms with Gasteiger partial charge < -0.3 is 9.84 Å². The zero-order chi connectivity index (χ0) is 24.8. The van der Waals surface area contributed by atoms with Crippen molar-refractivity contribution in [3.8, 4) is 0 Å². The lowest BCUT2D eigenvalue weighted by Gasteiger charge is -2.60. The minimum Gasteiger partial charge on any atom is -0.461 e. The molecule has 0 heterocycles. The summed E-state index contributed by atoms with van der Waals surface area (Å²) in [5.74, 6) is 2.95. The molecular weight excluding hydrogens is 436 g/mol. The van der Waals surface area contributed by atoms with E-state index in [-0.39, 0.29) is 28.8 Å². The molecule has 35 heavy (non-hydrogen) atoms. The summed E-state index contributed by atoms with van der Waals surface area (Å²) in [6.07, 6.45) is 9.24. The van der Waals surface area contributed by atoms with Crippen LogP contribution in [0.1, 0.15) is 90.5 Å². The van der Waals surface area contributed by atoms with Crippen molar-refractivity contribution in [2.24, 2.45) is 46.3 Å². The third-order valence-corrected chi connectivity index (χ3v) is 11.2. The molecule has 0 unspecified atom stereocenters. The SMILES string of the molecule is C[C@H](CCC(=O)OCc1ccccc1)[C@H]1CC[C@H]2[C@@H]3C(=O)C[C@@H]4C[C@H](O)CC[C@]4(C)[C@H]3CC[C@]12C. The summed E-state index contributed by atoms with van der Waals surface area (Å²) in [6.45, 7) is 7.56. The number of fused-ring (bicyclic) bond motifs is 5. The normalized spacial score (nSPS) is 41.4. The first-order valence-corrected chi connectivity index (χ1v) is 14.1. The zero-order valence-corrected chi connectivity index (χ0v) is 21.9. The van der Waals surface area contributed by atoms with E-state index in [4.69, 9.17) is 4.74 Å². The first kappa shape index (κ1) is 25.0. The van der Waals surface area contributed by atoms with Gasteiger partial charge in [-0.25, -0.2) is 0 Å². The van der Waals surface area contributed by atoms with Gasteiger partial charge >= 0.3 is 5.97 Å². The summed E-state index contributed by atoms with van der Waals surface area (Å²) in [7, 11) is 0. The second-order valence-electron chi connectivity index (χ2n) is 12.9. The summed E-state index contributed by atoms with van der Waals surface area (Å²) >= 11 is 0. The topological polar surface area (TPSA) is 63.6 Å². The van der Waals surface area contributed by atoms with Crippen LogP contribution >= 0.6 is 0 Å². The number of rotatable bonds is 6. The van der Waals surface area contributed by atoms with Crippen molar-refractivity contribution < 1.29 is 19.4 Å². The van der Waals surface area contributed by atoms with E-state index in [1.807, 2.05) is 30.3 Å². The van der Waals surface area contributed by atoms with Gasteiger partial charge in [0.15, 0.2) is 0 Å². The van der Waals surface area contributed by atoms with Crippen molar-refractivity contribution in [1.29, 1.82) is 0 Å². The molecule has 1 aromatic rings. The number of esters is 1. The lowest BCUT2D eigenvalue weighted by Crippen LogP contribution is -2.57. The molecule has 4 aliphatic rings. The Morgan fingerprint density at radius 3 is 2.54 bits per heavy atom. The summed E-state index contributed by atoms with van der Waals surface area (Å²) in [4.78, 5) is 26.0. The van der Waals surface area contributed by atoms with Crippen molar-refractivity contribution in [2.45, 2.75) is 97.7 Å². The van der Waals surface area contributed by atoms with Crippen LogP contribution in [0.25, 0.3) is 0 Å². The summed E-state index contributed by atoms with van der Waals surface area (Å²) in [6, 6.07) is 9.86. The minimum absolute atomic E-state index is 0.106. The van der Waals surface area contributed by atoms with Crippen LogP contribution in [0, 0.1) is 46.3 Å². The Labute approximate surface area is 211 Å². The van der Waals surface area contributed by atoms with Gasteiger partial charge in [0.25, 0.3) is 0 Å². The van der Waals surface area contributed by atoms with Gasteiger partial charge in [0.2, 0.25) is 0 Å². The Balaban J connectivity index is 1.21. The molecule has 0 bridgehead atoms. The predicted octanol–water partition coefficient (Wildman–Crippen LogP) is 6.34. The summed E-state index contributed by atoms with van der Waals surface area (Å²) < 4.78 is 5.53. The van der Waals surface area contributed by atoms with E-state index >= 15 is 0 Å². The van der Waals surface area contributed by atoms with Crippen LogP contribution in [-0.4, -0.2) is 23.0 Å². The molecule has 4 nitrogen and oxygen atoms in total. The number of carbonyl (C=O) groups excluding carboxylic acids is 2. The molecule has 0 radical (unpaired) electrons. The highest BCUT2D eigenvalue weighted by molar-refractivity contribution is 5.83. The van der Waals surface area contributed by atoms with Crippen molar-refractivity contribution in [2.75, 3.05) is 0 Å². The number of hydrogen-bond acceptors (Lipinski definition) is 4. The smallest absolute Gasteiger partial charge is 0.306 e. The lowest BCUT2D eigenvalue weighted by molar-refractivity contribution is -0.160. The summed E-state index contributed by atoms with van der Waals surface area (Å²) in [5, 5.41) is 10.3. The van der Waals surface area contributed by atoms with E-state index in [2.05, 4.69) is 20.8 Å². The molecule has 1 aromatic carbocycles. The minimum atomic E-state index is -0.220. The molecule has 9 atom stereocenters. The van der Waals surface area contributed by atoms with E-state index in [9.17, 15) is 14.7 Å². The Hall–Kier alpha value is -1.68. The molecule has 4 aliphatic carbocycles. The van der Waals surface area contributed by atoms with Crippen molar-refractivity contribution in [1.82, 2.24) is 0 Å². The third-order valence-electron chi connectivity index (χ3n) is 11.2. The van der Waals surface area contributed by atoms with Crippen LogP contribution in [0.3, 0.4) is 0 Å². The average Bonchev–Trinajstić information content (AvgIpc) is 3.20. The van der Waals surface area contributed by atoms with Gasteiger partial charge in [-0.2, -0.15) is 0 Å². The van der Waals surface area contributed by atoms with Crippen LogP contribution in [-0.2, 0) is 20.9 Å². The second kappa shape index (κ2) is 9.65. The molecule has 0 spiro atoms. The Bertz CT molecular complexity index is 927. The molecular formula is C31H44O4. The van der Waals surface area contributed by atoms with Gasteiger partial charge in [0.05, 0.1) is 6.10 Å². The van der Waals surface area contributed by atoms with E-state index in [0.29, 0.717) is 54.8 Å². The zero-order valence-electron chi connectivity index (χ0n) is 21.9. The number of aliphatic hydroxyl groups excluding tert-OH is 1. The second-order valence-corrected chi connectivity index (χ2v) is 12.9. The molecule has 192 valence electrons. The van der Waals surface area contributed by atoms with E-state index in [0.717, 1.165) is 44.1 Å². The van der Waals surface area contributed by atoms with E-state index < -0.39 is 0 Å². The van der Waals surface area contributed by atoms with Crippen molar-refractivity contribution in [3.05, 3.63) is 35.9 Å².